The standard InChI is InChI=1S/C16H19N3O3S/c1-4-8-17-15(20)12(3)23-16-19-18-14(22-16)10-21-13-7-5-6-11(2)9-13/h4-7,9,12H,1,8,10H2,2-3H3,(H,17,20)/t12-/m1/s1. The van der Waals surface area contributed by atoms with E-state index in [4.69, 9.17) is 9.15 Å². The third-order valence-corrected chi connectivity index (χ3v) is 3.80. The molecule has 0 spiro atoms. The lowest BCUT2D eigenvalue weighted by atomic mass is 10.2. The van der Waals surface area contributed by atoms with Crippen molar-refractivity contribution in [3.63, 3.8) is 0 Å². The Morgan fingerprint density at radius 2 is 2.35 bits per heavy atom. The second-order valence-corrected chi connectivity index (χ2v) is 6.15. The maximum atomic E-state index is 11.8. The quantitative estimate of drug-likeness (QED) is 0.591. The van der Waals surface area contributed by atoms with E-state index >= 15 is 0 Å². The Kier molecular flexibility index (Phi) is 6.22. The highest BCUT2D eigenvalue weighted by Gasteiger charge is 2.17. The van der Waals surface area contributed by atoms with Crippen LogP contribution in [0.15, 0.2) is 46.6 Å². The third kappa shape index (κ3) is 5.45. The van der Waals surface area contributed by atoms with E-state index in [2.05, 4.69) is 22.1 Å². The van der Waals surface area contributed by atoms with Crippen LogP contribution < -0.4 is 10.1 Å². The molecule has 0 aliphatic rings. The fourth-order valence-corrected chi connectivity index (χ4v) is 2.44. The van der Waals surface area contributed by atoms with Gasteiger partial charge in [0, 0.05) is 6.54 Å². The SMILES string of the molecule is C=CCNC(=O)[C@@H](C)Sc1nnc(COc2cccc(C)c2)o1. The molecule has 7 heteroatoms. The number of aryl methyl sites for hydroxylation is 1. The van der Waals surface area contributed by atoms with Crippen molar-refractivity contribution < 1.29 is 13.9 Å². The van der Waals surface area contributed by atoms with Crippen molar-refractivity contribution >= 4 is 17.7 Å². The first-order valence-corrected chi connectivity index (χ1v) is 8.03. The number of rotatable bonds is 8. The number of nitrogens with one attached hydrogen (secondary N) is 1. The molecule has 0 saturated carbocycles. The zero-order valence-electron chi connectivity index (χ0n) is 13.1. The molecule has 2 aromatic rings. The number of benzene rings is 1. The van der Waals surface area contributed by atoms with Crippen LogP contribution in [0.4, 0.5) is 0 Å². The molecule has 1 aromatic carbocycles. The first kappa shape index (κ1) is 17.1. The van der Waals surface area contributed by atoms with Gasteiger partial charge in [-0.25, -0.2) is 0 Å². The molecule has 0 unspecified atom stereocenters. The molecule has 1 aromatic heterocycles. The molecule has 0 saturated heterocycles. The summed E-state index contributed by atoms with van der Waals surface area (Å²) in [6, 6.07) is 7.71. The van der Waals surface area contributed by atoms with Crippen molar-refractivity contribution in [3.8, 4) is 5.75 Å². The summed E-state index contributed by atoms with van der Waals surface area (Å²) < 4.78 is 11.1. The van der Waals surface area contributed by atoms with Gasteiger partial charge in [-0.2, -0.15) is 0 Å². The molecule has 6 nitrogen and oxygen atoms in total. The minimum atomic E-state index is -0.332. The monoisotopic (exact) mass is 333 g/mol. The lowest BCUT2D eigenvalue weighted by Crippen LogP contribution is -2.30. The zero-order valence-corrected chi connectivity index (χ0v) is 13.9. The van der Waals surface area contributed by atoms with E-state index in [1.54, 1.807) is 13.0 Å². The van der Waals surface area contributed by atoms with Crippen LogP contribution >= 0.6 is 11.8 Å². The summed E-state index contributed by atoms with van der Waals surface area (Å²) in [5, 5.41) is 10.6. The Balaban J connectivity index is 1.85. The van der Waals surface area contributed by atoms with Crippen molar-refractivity contribution in [1.82, 2.24) is 15.5 Å². The number of hydrogen-bond donors (Lipinski definition) is 1. The van der Waals surface area contributed by atoms with Crippen molar-refractivity contribution in [3.05, 3.63) is 48.4 Å². The van der Waals surface area contributed by atoms with E-state index in [1.165, 1.54) is 11.8 Å². The summed E-state index contributed by atoms with van der Waals surface area (Å²) >= 11 is 1.20. The van der Waals surface area contributed by atoms with Gasteiger partial charge in [0.25, 0.3) is 11.1 Å². The smallest absolute Gasteiger partial charge is 0.277 e. The average molecular weight is 333 g/mol. The fourth-order valence-electron chi connectivity index (χ4n) is 1.72. The van der Waals surface area contributed by atoms with Crippen LogP contribution in [0.2, 0.25) is 0 Å². The van der Waals surface area contributed by atoms with Gasteiger partial charge in [0.15, 0.2) is 6.61 Å². The van der Waals surface area contributed by atoms with E-state index in [1.807, 2.05) is 31.2 Å². The van der Waals surface area contributed by atoms with Crippen LogP contribution in [0.25, 0.3) is 0 Å². The molecule has 1 heterocycles. The number of amides is 1. The average Bonchev–Trinajstić information content (AvgIpc) is 2.98. The summed E-state index contributed by atoms with van der Waals surface area (Å²) in [6.45, 7) is 7.94. The Labute approximate surface area is 139 Å². The number of thioether (sulfide) groups is 1. The molecule has 1 amide bonds. The Bertz CT molecular complexity index is 672. The summed E-state index contributed by atoms with van der Waals surface area (Å²) in [5.41, 5.74) is 1.11. The van der Waals surface area contributed by atoms with E-state index < -0.39 is 0 Å². The summed E-state index contributed by atoms with van der Waals surface area (Å²) in [5.74, 6) is 1.01. The Hall–Kier alpha value is -2.28. The number of ether oxygens (including phenoxy) is 1. The number of carbonyl (C=O) groups excluding carboxylic acids is 1. The molecule has 122 valence electrons. The van der Waals surface area contributed by atoms with Crippen LogP contribution in [0.5, 0.6) is 5.75 Å². The Morgan fingerprint density at radius 1 is 1.52 bits per heavy atom. The van der Waals surface area contributed by atoms with Gasteiger partial charge in [-0.15, -0.1) is 16.8 Å². The van der Waals surface area contributed by atoms with Crippen molar-refractivity contribution in [2.24, 2.45) is 0 Å². The van der Waals surface area contributed by atoms with Gasteiger partial charge in [0.1, 0.15) is 5.75 Å². The maximum absolute atomic E-state index is 11.8. The van der Waals surface area contributed by atoms with Gasteiger partial charge in [0.2, 0.25) is 5.91 Å². The van der Waals surface area contributed by atoms with Gasteiger partial charge in [0.05, 0.1) is 5.25 Å². The van der Waals surface area contributed by atoms with E-state index in [-0.39, 0.29) is 17.8 Å². The lowest BCUT2D eigenvalue weighted by Gasteiger charge is -2.07. The molecule has 0 radical (unpaired) electrons. The largest absolute Gasteiger partial charge is 0.484 e. The van der Waals surface area contributed by atoms with Crippen LogP contribution in [-0.4, -0.2) is 27.9 Å². The molecule has 0 fully saturated rings. The van der Waals surface area contributed by atoms with Crippen LogP contribution in [0.3, 0.4) is 0 Å². The third-order valence-electron chi connectivity index (χ3n) is 2.87. The summed E-state index contributed by atoms with van der Waals surface area (Å²) in [6.07, 6.45) is 1.63. The van der Waals surface area contributed by atoms with Crippen molar-refractivity contribution in [2.45, 2.75) is 30.9 Å². The number of carbonyl (C=O) groups is 1. The predicted molar refractivity (Wildman–Crippen MR) is 88.3 cm³/mol. The summed E-state index contributed by atoms with van der Waals surface area (Å²) in [4.78, 5) is 11.8. The second-order valence-electron chi connectivity index (χ2n) is 4.86. The number of aromatic nitrogens is 2. The summed E-state index contributed by atoms with van der Waals surface area (Å²) in [7, 11) is 0. The minimum Gasteiger partial charge on any atom is -0.484 e. The molecule has 0 bridgehead atoms. The molecule has 1 atom stereocenters. The molecular formula is C16H19N3O3S. The minimum absolute atomic E-state index is 0.106. The van der Waals surface area contributed by atoms with Gasteiger partial charge < -0.3 is 14.5 Å². The van der Waals surface area contributed by atoms with Crippen LogP contribution in [0.1, 0.15) is 18.4 Å². The molecule has 1 N–H and O–H groups in total. The van der Waals surface area contributed by atoms with Crippen molar-refractivity contribution in [2.75, 3.05) is 6.54 Å². The van der Waals surface area contributed by atoms with E-state index in [0.717, 1.165) is 11.3 Å². The van der Waals surface area contributed by atoms with Gasteiger partial charge in [-0.05, 0) is 31.5 Å². The Morgan fingerprint density at radius 3 is 3.09 bits per heavy atom. The van der Waals surface area contributed by atoms with E-state index in [0.29, 0.717) is 17.7 Å². The zero-order chi connectivity index (χ0) is 16.7. The van der Waals surface area contributed by atoms with Gasteiger partial charge in [-0.1, -0.05) is 30.0 Å². The molecule has 0 aliphatic carbocycles. The molecule has 0 aliphatic heterocycles. The lowest BCUT2D eigenvalue weighted by molar-refractivity contribution is -0.120. The first-order chi connectivity index (χ1) is 11.1. The normalized spacial score (nSPS) is 11.7. The van der Waals surface area contributed by atoms with Gasteiger partial charge in [-0.3, -0.25) is 4.79 Å². The highest BCUT2D eigenvalue weighted by molar-refractivity contribution is 8.00. The highest BCUT2D eigenvalue weighted by Crippen LogP contribution is 2.22. The van der Waals surface area contributed by atoms with Crippen LogP contribution in [0, 0.1) is 6.92 Å². The fraction of sp³-hybridized carbons (Fsp3) is 0.312. The predicted octanol–water partition coefficient (Wildman–Crippen LogP) is 2.74. The number of hydrogen-bond acceptors (Lipinski definition) is 6. The molecule has 2 rings (SSSR count). The van der Waals surface area contributed by atoms with Crippen molar-refractivity contribution in [1.29, 1.82) is 0 Å². The van der Waals surface area contributed by atoms with Gasteiger partial charge >= 0.3 is 0 Å². The first-order valence-electron chi connectivity index (χ1n) is 7.15. The topological polar surface area (TPSA) is 77.2 Å². The van der Waals surface area contributed by atoms with E-state index in [9.17, 15) is 4.79 Å². The molecule has 23 heavy (non-hydrogen) atoms. The highest BCUT2D eigenvalue weighted by atomic mass is 32.2. The maximum Gasteiger partial charge on any atom is 0.277 e. The van der Waals surface area contributed by atoms with Crippen LogP contribution in [-0.2, 0) is 11.4 Å². The molecular weight excluding hydrogens is 314 g/mol. The second kappa shape index (κ2) is 8.38. The number of nitrogens with zero attached hydrogens (tertiary/aromatic N) is 2.